The predicted octanol–water partition coefficient (Wildman–Crippen LogP) is 3.24. The lowest BCUT2D eigenvalue weighted by Gasteiger charge is -2.12. The molecular formula is C16H15N3O5. The van der Waals surface area contributed by atoms with Gasteiger partial charge in [-0.25, -0.2) is 10.3 Å². The van der Waals surface area contributed by atoms with E-state index in [9.17, 15) is 19.6 Å². The van der Waals surface area contributed by atoms with Gasteiger partial charge in [0.25, 0.3) is 0 Å². The number of amides is 1. The third kappa shape index (κ3) is 3.86. The zero-order valence-corrected chi connectivity index (χ0v) is 13.0. The molecule has 0 aliphatic carbocycles. The number of anilines is 2. The van der Waals surface area contributed by atoms with Gasteiger partial charge >= 0.3 is 5.97 Å². The fraction of sp³-hybridized carbons (Fsp3) is 0.125. The number of hydrogen-bond donors (Lipinski definition) is 3. The van der Waals surface area contributed by atoms with E-state index >= 15 is 0 Å². The van der Waals surface area contributed by atoms with E-state index in [1.165, 1.54) is 43.3 Å². The summed E-state index contributed by atoms with van der Waals surface area (Å²) >= 11 is 0. The van der Waals surface area contributed by atoms with Crippen LogP contribution in [0.1, 0.15) is 22.8 Å². The number of phenols is 1. The number of benzene rings is 2. The van der Waals surface area contributed by atoms with Crippen molar-refractivity contribution >= 4 is 28.9 Å². The summed E-state index contributed by atoms with van der Waals surface area (Å²) in [6, 6.07) is 8.83. The Morgan fingerprint density at radius 2 is 1.92 bits per heavy atom. The molecule has 0 fully saturated rings. The average molecular weight is 329 g/mol. The van der Waals surface area contributed by atoms with Crippen LogP contribution in [0.3, 0.4) is 0 Å². The number of aromatic hydroxyl groups is 1. The van der Waals surface area contributed by atoms with Crippen LogP contribution < -0.4 is 10.8 Å². The topological polar surface area (TPSA) is 117 Å². The fourth-order valence-corrected chi connectivity index (χ4v) is 1.97. The summed E-state index contributed by atoms with van der Waals surface area (Å²) in [6.07, 6.45) is 0. The fourth-order valence-electron chi connectivity index (χ4n) is 1.97. The molecule has 0 heterocycles. The molecule has 0 aliphatic heterocycles. The Kier molecular flexibility index (Phi) is 5.10. The summed E-state index contributed by atoms with van der Waals surface area (Å²) in [5.74, 6) is -1.61. The highest BCUT2D eigenvalue weighted by atomic mass is 16.7. The molecule has 2 rings (SSSR count). The van der Waals surface area contributed by atoms with Crippen molar-refractivity contribution < 1.29 is 19.5 Å². The second-order valence-electron chi connectivity index (χ2n) is 4.97. The van der Waals surface area contributed by atoms with E-state index in [0.29, 0.717) is 11.3 Å². The zero-order chi connectivity index (χ0) is 17.7. The SMILES string of the molecule is CC(=O)Nc1cccc(C(=O)ONc2ccc(N=O)cc2C)c1O. The maximum atomic E-state index is 12.1. The lowest BCUT2D eigenvalue weighted by Crippen LogP contribution is -2.13. The van der Waals surface area contributed by atoms with Gasteiger partial charge in [0.15, 0.2) is 5.75 Å². The highest BCUT2D eigenvalue weighted by Gasteiger charge is 2.17. The van der Waals surface area contributed by atoms with Crippen LogP contribution in [0.2, 0.25) is 0 Å². The number of carbonyl (C=O) groups is 2. The summed E-state index contributed by atoms with van der Waals surface area (Å²) in [6.45, 7) is 2.99. The van der Waals surface area contributed by atoms with Crippen LogP contribution in [0.15, 0.2) is 41.6 Å². The normalized spacial score (nSPS) is 9.92. The lowest BCUT2D eigenvalue weighted by atomic mass is 10.1. The van der Waals surface area contributed by atoms with E-state index in [1.807, 2.05) is 0 Å². The van der Waals surface area contributed by atoms with E-state index in [0.717, 1.165) is 0 Å². The molecule has 0 aliphatic rings. The number of nitroso groups, excluding NO2 is 1. The molecule has 0 unspecified atom stereocenters. The first-order chi connectivity index (χ1) is 11.4. The molecule has 2 aromatic carbocycles. The van der Waals surface area contributed by atoms with E-state index in [1.54, 1.807) is 6.92 Å². The van der Waals surface area contributed by atoms with Crippen LogP contribution >= 0.6 is 0 Å². The zero-order valence-electron chi connectivity index (χ0n) is 13.0. The molecule has 124 valence electrons. The minimum atomic E-state index is -0.836. The second-order valence-corrected chi connectivity index (χ2v) is 4.97. The first-order valence-corrected chi connectivity index (χ1v) is 6.93. The maximum Gasteiger partial charge on any atom is 0.366 e. The predicted molar refractivity (Wildman–Crippen MR) is 88.1 cm³/mol. The molecule has 0 spiro atoms. The average Bonchev–Trinajstić information content (AvgIpc) is 2.55. The molecular weight excluding hydrogens is 314 g/mol. The number of nitrogens with zero attached hydrogens (tertiary/aromatic N) is 1. The molecule has 0 bridgehead atoms. The highest BCUT2D eigenvalue weighted by molar-refractivity contribution is 5.98. The largest absolute Gasteiger partial charge is 0.505 e. The third-order valence-electron chi connectivity index (χ3n) is 3.14. The second kappa shape index (κ2) is 7.23. The Balaban J connectivity index is 2.13. The van der Waals surface area contributed by atoms with Gasteiger partial charge in [-0.05, 0) is 48.0 Å². The number of rotatable bonds is 5. The van der Waals surface area contributed by atoms with Crippen molar-refractivity contribution in [2.75, 3.05) is 10.8 Å². The van der Waals surface area contributed by atoms with Crippen molar-refractivity contribution in [2.45, 2.75) is 13.8 Å². The van der Waals surface area contributed by atoms with Crippen molar-refractivity contribution in [1.29, 1.82) is 0 Å². The van der Waals surface area contributed by atoms with Crippen molar-refractivity contribution in [2.24, 2.45) is 5.18 Å². The van der Waals surface area contributed by atoms with Crippen molar-refractivity contribution in [3.63, 3.8) is 0 Å². The number of para-hydroxylation sites is 1. The molecule has 8 nitrogen and oxygen atoms in total. The van der Waals surface area contributed by atoms with E-state index in [2.05, 4.69) is 16.0 Å². The Bertz CT molecular complexity index is 804. The molecule has 8 heteroatoms. The Labute approximate surface area is 137 Å². The van der Waals surface area contributed by atoms with Gasteiger partial charge in [0.05, 0.1) is 11.4 Å². The van der Waals surface area contributed by atoms with Crippen molar-refractivity contribution in [3.05, 3.63) is 52.4 Å². The molecule has 3 N–H and O–H groups in total. The van der Waals surface area contributed by atoms with Gasteiger partial charge in [0.2, 0.25) is 5.91 Å². The van der Waals surface area contributed by atoms with Crippen LogP contribution in [0.5, 0.6) is 5.75 Å². The molecule has 24 heavy (non-hydrogen) atoms. The van der Waals surface area contributed by atoms with Crippen LogP contribution in [-0.4, -0.2) is 17.0 Å². The van der Waals surface area contributed by atoms with Crippen LogP contribution in [0.4, 0.5) is 17.1 Å². The lowest BCUT2D eigenvalue weighted by molar-refractivity contribution is -0.114. The van der Waals surface area contributed by atoms with Gasteiger partial charge in [0.1, 0.15) is 11.3 Å². The summed E-state index contributed by atoms with van der Waals surface area (Å²) < 4.78 is 0. The maximum absolute atomic E-state index is 12.1. The first-order valence-electron chi connectivity index (χ1n) is 6.93. The van der Waals surface area contributed by atoms with Crippen LogP contribution in [0, 0.1) is 11.8 Å². The molecule has 0 aromatic heterocycles. The van der Waals surface area contributed by atoms with Crippen molar-refractivity contribution in [1.82, 2.24) is 0 Å². The summed E-state index contributed by atoms with van der Waals surface area (Å²) in [5, 5.41) is 15.3. The van der Waals surface area contributed by atoms with Gasteiger partial charge in [-0.1, -0.05) is 6.07 Å². The highest BCUT2D eigenvalue weighted by Crippen LogP contribution is 2.28. The molecule has 0 radical (unpaired) electrons. The summed E-state index contributed by atoms with van der Waals surface area (Å²) in [5.41, 5.74) is 3.82. The Morgan fingerprint density at radius 1 is 1.17 bits per heavy atom. The van der Waals surface area contributed by atoms with E-state index in [-0.39, 0.29) is 22.8 Å². The number of carbonyl (C=O) groups excluding carboxylic acids is 2. The number of nitrogens with one attached hydrogen (secondary N) is 2. The summed E-state index contributed by atoms with van der Waals surface area (Å²) in [4.78, 5) is 38.5. The molecule has 0 saturated heterocycles. The molecule has 1 amide bonds. The van der Waals surface area contributed by atoms with E-state index < -0.39 is 11.7 Å². The molecule has 0 atom stereocenters. The third-order valence-corrected chi connectivity index (χ3v) is 3.14. The van der Waals surface area contributed by atoms with Crippen LogP contribution in [-0.2, 0) is 9.63 Å². The Hall–Kier alpha value is -3.42. The first kappa shape index (κ1) is 16.9. The number of phenolic OH excluding ortho intramolecular Hbond substituents is 1. The monoisotopic (exact) mass is 329 g/mol. The van der Waals surface area contributed by atoms with Gasteiger partial charge in [-0.3, -0.25) is 4.79 Å². The molecule has 0 saturated carbocycles. The standard InChI is InChI=1S/C16H15N3O5/c1-9-8-11(18-23)6-7-13(9)19-24-16(22)12-4-3-5-14(15(12)21)17-10(2)20/h3-8,19,21H,1-2H3,(H,17,20). The van der Waals surface area contributed by atoms with Gasteiger partial charge in [-0.15, -0.1) is 4.91 Å². The van der Waals surface area contributed by atoms with Gasteiger partial charge in [-0.2, -0.15) is 0 Å². The van der Waals surface area contributed by atoms with E-state index in [4.69, 9.17) is 4.84 Å². The minimum Gasteiger partial charge on any atom is -0.505 e. The summed E-state index contributed by atoms with van der Waals surface area (Å²) in [7, 11) is 0. The Morgan fingerprint density at radius 3 is 2.54 bits per heavy atom. The minimum absolute atomic E-state index is 0.106. The van der Waals surface area contributed by atoms with Gasteiger partial charge in [0, 0.05) is 6.92 Å². The number of aryl methyl sites for hydroxylation is 1. The quantitative estimate of drug-likeness (QED) is 0.440. The van der Waals surface area contributed by atoms with Crippen molar-refractivity contribution in [3.8, 4) is 5.75 Å². The van der Waals surface area contributed by atoms with Crippen LogP contribution in [0.25, 0.3) is 0 Å². The molecule has 2 aromatic rings. The van der Waals surface area contributed by atoms with Gasteiger partial charge < -0.3 is 15.3 Å². The number of hydrogen-bond acceptors (Lipinski definition) is 7. The smallest absolute Gasteiger partial charge is 0.366 e.